The van der Waals surface area contributed by atoms with Crippen molar-refractivity contribution < 1.29 is 16.8 Å². The minimum absolute atomic E-state index is 0.0777. The highest BCUT2D eigenvalue weighted by Crippen LogP contribution is 2.38. The second-order valence-corrected chi connectivity index (χ2v) is 13.2. The van der Waals surface area contributed by atoms with Gasteiger partial charge in [-0.1, -0.05) is 56.8 Å². The molecule has 3 aromatic rings. The van der Waals surface area contributed by atoms with Crippen LogP contribution in [0.25, 0.3) is 0 Å². The van der Waals surface area contributed by atoms with E-state index in [1.807, 2.05) is 13.8 Å². The van der Waals surface area contributed by atoms with Gasteiger partial charge < -0.3 is 5.73 Å². The molecule has 0 amide bonds. The summed E-state index contributed by atoms with van der Waals surface area (Å²) in [6, 6.07) is 16.4. The summed E-state index contributed by atoms with van der Waals surface area (Å²) in [5.74, 6) is -0.351. The molecule has 1 unspecified atom stereocenters. The van der Waals surface area contributed by atoms with Crippen LogP contribution in [-0.4, -0.2) is 37.6 Å². The average Bonchev–Trinajstić information content (AvgIpc) is 2.80. The maximum absolute atomic E-state index is 13.9. The summed E-state index contributed by atoms with van der Waals surface area (Å²) in [4.78, 5) is 4.21. The Morgan fingerprint density at radius 2 is 1.34 bits per heavy atom. The van der Waals surface area contributed by atoms with Crippen molar-refractivity contribution in [3.05, 3.63) is 88.7 Å². The maximum atomic E-state index is 13.9. The van der Waals surface area contributed by atoms with Gasteiger partial charge in [-0.05, 0) is 69.5 Å². The molecule has 0 spiro atoms. The van der Waals surface area contributed by atoms with Gasteiger partial charge in [0.1, 0.15) is 5.15 Å². The summed E-state index contributed by atoms with van der Waals surface area (Å²) < 4.78 is 56.2. The third-order valence-corrected chi connectivity index (χ3v) is 11.1. The fraction of sp³-hybridized carbons (Fsp3) is 0.320. The monoisotopic (exact) mass is 533 g/mol. The lowest BCUT2D eigenvalue weighted by molar-refractivity contribution is 0.274. The third-order valence-electron chi connectivity index (χ3n) is 6.40. The zero-order valence-corrected chi connectivity index (χ0v) is 21.9. The first-order chi connectivity index (χ1) is 16.5. The van der Waals surface area contributed by atoms with Gasteiger partial charge in [0.2, 0.25) is 0 Å². The van der Waals surface area contributed by atoms with Crippen LogP contribution in [0.3, 0.4) is 0 Å². The third kappa shape index (κ3) is 5.29. The van der Waals surface area contributed by atoms with Crippen molar-refractivity contribution in [2.45, 2.75) is 60.9 Å². The number of nitrogens with two attached hydrogens (primary N) is 1. The second-order valence-electron chi connectivity index (χ2n) is 8.98. The molecule has 3 atom stereocenters. The van der Waals surface area contributed by atoms with Crippen molar-refractivity contribution in [2.24, 2.45) is 5.73 Å². The van der Waals surface area contributed by atoms with Crippen molar-refractivity contribution in [1.29, 1.82) is 0 Å². The molecule has 1 aliphatic rings. The Kier molecular flexibility index (Phi) is 7.36. The lowest BCUT2D eigenvalue weighted by Gasteiger charge is -2.38. The van der Waals surface area contributed by atoms with Crippen LogP contribution < -0.4 is 5.73 Å². The fourth-order valence-electron chi connectivity index (χ4n) is 4.48. The Bertz CT molecular complexity index is 1330. The van der Waals surface area contributed by atoms with Crippen molar-refractivity contribution >= 4 is 31.6 Å². The van der Waals surface area contributed by atoms with Crippen LogP contribution in [0, 0.1) is 13.8 Å². The summed E-state index contributed by atoms with van der Waals surface area (Å²) in [5, 5.41) is 0.299. The molecule has 0 aliphatic heterocycles. The molecule has 0 bridgehead atoms. The Morgan fingerprint density at radius 3 is 1.83 bits per heavy atom. The van der Waals surface area contributed by atoms with Gasteiger partial charge in [-0.25, -0.2) is 21.8 Å². The van der Waals surface area contributed by atoms with Gasteiger partial charge in [0, 0.05) is 23.7 Å². The topological polar surface area (TPSA) is 110 Å². The summed E-state index contributed by atoms with van der Waals surface area (Å²) in [5.41, 5.74) is 8.75. The lowest BCUT2D eigenvalue weighted by Crippen LogP contribution is -2.49. The van der Waals surface area contributed by atoms with Crippen molar-refractivity contribution in [2.75, 3.05) is 0 Å². The second kappa shape index (κ2) is 9.99. The van der Waals surface area contributed by atoms with Crippen LogP contribution in [-0.2, 0) is 20.0 Å². The van der Waals surface area contributed by atoms with E-state index in [1.165, 1.54) is 24.3 Å². The van der Waals surface area contributed by atoms with Gasteiger partial charge in [0.05, 0.1) is 9.79 Å². The number of nitrogens with zero attached hydrogens (tertiary/aromatic N) is 2. The molecular weight excluding hydrogens is 506 g/mol. The van der Waals surface area contributed by atoms with Gasteiger partial charge in [0.15, 0.2) is 0 Å². The number of benzene rings is 2. The van der Waals surface area contributed by atoms with Crippen molar-refractivity contribution in [3.63, 3.8) is 0 Å². The number of rotatable bonds is 6. The van der Waals surface area contributed by atoms with E-state index in [1.54, 1.807) is 42.5 Å². The fourth-order valence-corrected chi connectivity index (χ4v) is 8.75. The quantitative estimate of drug-likeness (QED) is 0.470. The smallest absolute Gasteiger partial charge is 0.256 e. The molecule has 1 saturated carbocycles. The molecule has 35 heavy (non-hydrogen) atoms. The number of sulfonamides is 2. The van der Waals surface area contributed by atoms with Gasteiger partial charge in [-0.3, -0.25) is 0 Å². The lowest BCUT2D eigenvalue weighted by atomic mass is 9.80. The molecule has 1 aromatic heterocycles. The molecule has 0 radical (unpaired) electrons. The predicted molar refractivity (Wildman–Crippen MR) is 136 cm³/mol. The molecule has 1 heterocycles. The highest BCUT2D eigenvalue weighted by atomic mass is 35.5. The molecule has 2 aromatic carbocycles. The van der Waals surface area contributed by atoms with E-state index < -0.39 is 26.1 Å². The van der Waals surface area contributed by atoms with Crippen LogP contribution in [0.1, 0.15) is 42.0 Å². The molecular formula is C25H28ClN3O4S2. The predicted octanol–water partition coefficient (Wildman–Crippen LogP) is 4.40. The average molecular weight is 534 g/mol. The van der Waals surface area contributed by atoms with Crippen LogP contribution in [0.15, 0.2) is 76.5 Å². The number of aromatic nitrogens is 1. The normalized spacial score (nSPS) is 21.2. The van der Waals surface area contributed by atoms with Crippen LogP contribution >= 0.6 is 11.6 Å². The summed E-state index contributed by atoms with van der Waals surface area (Å²) in [7, 11) is -8.81. The molecule has 2 N–H and O–H groups in total. The molecule has 4 rings (SSSR count). The van der Waals surface area contributed by atoms with Crippen molar-refractivity contribution in [3.8, 4) is 0 Å². The number of halogens is 1. The van der Waals surface area contributed by atoms with E-state index in [2.05, 4.69) is 4.98 Å². The highest BCUT2D eigenvalue weighted by molar-refractivity contribution is 8.04. The molecule has 186 valence electrons. The van der Waals surface area contributed by atoms with Crippen LogP contribution in [0.2, 0.25) is 5.15 Å². The number of hydrogen-bond donors (Lipinski definition) is 1. The summed E-state index contributed by atoms with van der Waals surface area (Å²) in [6.45, 7) is 3.67. The zero-order chi connectivity index (χ0) is 25.4. The van der Waals surface area contributed by atoms with Gasteiger partial charge in [-0.2, -0.15) is 0 Å². The van der Waals surface area contributed by atoms with Crippen LogP contribution in [0.4, 0.5) is 0 Å². The first-order valence-corrected chi connectivity index (χ1v) is 14.6. The Labute approximate surface area is 212 Å². The summed E-state index contributed by atoms with van der Waals surface area (Å²) >= 11 is 6.09. The Hall–Kier alpha value is -2.30. The number of aryl methyl sites for hydroxylation is 2. The van der Waals surface area contributed by atoms with E-state index in [-0.39, 0.29) is 28.2 Å². The first-order valence-electron chi connectivity index (χ1n) is 11.3. The molecule has 1 aliphatic carbocycles. The highest BCUT2D eigenvalue weighted by Gasteiger charge is 2.45. The van der Waals surface area contributed by atoms with Gasteiger partial charge in [-0.15, -0.1) is 0 Å². The van der Waals surface area contributed by atoms with Crippen molar-refractivity contribution in [1.82, 2.24) is 8.69 Å². The zero-order valence-electron chi connectivity index (χ0n) is 19.5. The van der Waals surface area contributed by atoms with E-state index >= 15 is 0 Å². The van der Waals surface area contributed by atoms with E-state index in [0.29, 0.717) is 27.4 Å². The largest absolute Gasteiger partial charge is 0.327 e. The first kappa shape index (κ1) is 25.8. The number of pyridine rings is 1. The molecule has 1 fully saturated rings. The molecule has 7 nitrogen and oxygen atoms in total. The minimum Gasteiger partial charge on any atom is -0.327 e. The SMILES string of the molecule is Cc1ccc(S(=O)(=O)N([C@H]2CC[C@H](N)C(c3cccc(Cl)n3)C2)S(=O)(=O)c2ccc(C)cc2)cc1. The van der Waals surface area contributed by atoms with Crippen LogP contribution in [0.5, 0.6) is 0 Å². The Morgan fingerprint density at radius 1 is 0.829 bits per heavy atom. The van der Waals surface area contributed by atoms with E-state index in [4.69, 9.17) is 17.3 Å². The van der Waals surface area contributed by atoms with E-state index in [0.717, 1.165) is 11.1 Å². The number of hydrogen-bond acceptors (Lipinski definition) is 6. The maximum Gasteiger partial charge on any atom is 0.256 e. The standard InChI is InChI=1S/C25H28ClN3O4S2/c1-17-6-11-20(12-7-17)34(30,31)29(35(32,33)21-13-8-18(2)9-14-21)19-10-15-23(27)22(16-19)24-4-3-5-25(26)28-24/h3-9,11-14,19,22-23H,10,15-16,27H2,1-2H3/t19-,22?,23-/m0/s1. The van der Waals surface area contributed by atoms with Gasteiger partial charge >= 0.3 is 0 Å². The minimum atomic E-state index is -4.41. The van der Waals surface area contributed by atoms with E-state index in [9.17, 15) is 16.8 Å². The molecule has 0 saturated heterocycles. The molecule has 10 heteroatoms. The van der Waals surface area contributed by atoms with Gasteiger partial charge in [0.25, 0.3) is 20.0 Å². The summed E-state index contributed by atoms with van der Waals surface area (Å²) in [6.07, 6.45) is 0.936. The Balaban J connectivity index is 1.82.